The lowest BCUT2D eigenvalue weighted by atomic mass is 10.1. The van der Waals surface area contributed by atoms with Crippen LogP contribution in [0.1, 0.15) is 5.56 Å². The number of rotatable bonds is 0. The zero-order valence-electron chi connectivity index (χ0n) is 11.5. The van der Waals surface area contributed by atoms with Crippen LogP contribution in [0.25, 0.3) is 17.1 Å². The van der Waals surface area contributed by atoms with Gasteiger partial charge in [-0.1, -0.05) is 28.1 Å². The van der Waals surface area contributed by atoms with Gasteiger partial charge in [-0.2, -0.15) is 5.10 Å². The van der Waals surface area contributed by atoms with Crippen LogP contribution in [0, 0.1) is 0 Å². The van der Waals surface area contributed by atoms with Crippen LogP contribution >= 0.6 is 15.9 Å². The van der Waals surface area contributed by atoms with Gasteiger partial charge < -0.3 is 4.90 Å². The second-order valence-corrected chi connectivity index (χ2v) is 6.45. The summed E-state index contributed by atoms with van der Waals surface area (Å²) >= 11 is 3.51. The molecule has 2 aromatic carbocycles. The summed E-state index contributed by atoms with van der Waals surface area (Å²) < 4.78 is 2.60. The van der Waals surface area contributed by atoms with Crippen LogP contribution in [0.15, 0.2) is 45.7 Å². The molecule has 5 nitrogen and oxygen atoms in total. The van der Waals surface area contributed by atoms with Gasteiger partial charge in [-0.15, -0.1) is 0 Å². The Morgan fingerprint density at radius 3 is 3.00 bits per heavy atom. The molecule has 0 fully saturated rings. The molecular formula is C16H11BrN4O. The molecule has 2 aliphatic heterocycles. The van der Waals surface area contributed by atoms with Crippen molar-refractivity contribution >= 4 is 27.3 Å². The normalized spacial score (nSPS) is 14.3. The van der Waals surface area contributed by atoms with Crippen molar-refractivity contribution in [1.82, 2.24) is 14.8 Å². The first-order chi connectivity index (χ1) is 10.7. The van der Waals surface area contributed by atoms with Gasteiger partial charge in [0.25, 0.3) is 0 Å². The van der Waals surface area contributed by atoms with E-state index < -0.39 is 0 Å². The summed E-state index contributed by atoms with van der Waals surface area (Å²) in [7, 11) is 0. The maximum atomic E-state index is 12.3. The Balaban J connectivity index is 2.00. The smallest absolute Gasteiger partial charge is 0.339 e. The van der Waals surface area contributed by atoms with E-state index in [0.717, 1.165) is 34.4 Å². The molecule has 1 N–H and O–H groups in total. The number of halogens is 1. The van der Waals surface area contributed by atoms with Crippen LogP contribution in [-0.2, 0) is 6.42 Å². The Labute approximate surface area is 134 Å². The maximum Gasteiger partial charge on any atom is 0.348 e. The zero-order valence-corrected chi connectivity index (χ0v) is 13.1. The molecular weight excluding hydrogens is 344 g/mol. The molecule has 0 saturated heterocycles. The Kier molecular flexibility index (Phi) is 2.28. The minimum Gasteiger partial charge on any atom is -0.339 e. The third-order valence-electron chi connectivity index (χ3n) is 4.38. The van der Waals surface area contributed by atoms with Crippen LogP contribution in [0.3, 0.4) is 0 Å². The van der Waals surface area contributed by atoms with Crippen LogP contribution in [-0.4, -0.2) is 21.3 Å². The number of hydrogen-bond acceptors (Lipinski definition) is 3. The van der Waals surface area contributed by atoms with E-state index in [1.54, 1.807) is 4.57 Å². The predicted molar refractivity (Wildman–Crippen MR) is 88.0 cm³/mol. The summed E-state index contributed by atoms with van der Waals surface area (Å²) in [6, 6.07) is 12.3. The molecule has 0 bridgehead atoms. The molecule has 0 unspecified atom stereocenters. The van der Waals surface area contributed by atoms with Crippen molar-refractivity contribution in [1.29, 1.82) is 0 Å². The highest BCUT2D eigenvalue weighted by molar-refractivity contribution is 9.10. The first-order valence-corrected chi connectivity index (χ1v) is 7.90. The number of nitrogens with zero attached hydrogens (tertiary/aromatic N) is 3. The number of anilines is 2. The van der Waals surface area contributed by atoms with Crippen molar-refractivity contribution in [3.05, 3.63) is 56.9 Å². The van der Waals surface area contributed by atoms with Crippen LogP contribution in [0.2, 0.25) is 0 Å². The topological polar surface area (TPSA) is 53.9 Å². The number of hydrogen-bond donors (Lipinski definition) is 1. The summed E-state index contributed by atoms with van der Waals surface area (Å²) in [6.45, 7) is 0.920. The number of H-pyrrole nitrogens is 1. The molecule has 0 saturated carbocycles. The quantitative estimate of drug-likeness (QED) is 0.675. The van der Waals surface area contributed by atoms with E-state index in [0.29, 0.717) is 5.82 Å². The first-order valence-electron chi connectivity index (χ1n) is 7.11. The molecule has 3 aromatic rings. The highest BCUT2D eigenvalue weighted by Gasteiger charge is 2.32. The van der Waals surface area contributed by atoms with Crippen molar-refractivity contribution in [2.75, 3.05) is 11.4 Å². The number of aromatic amines is 1. The van der Waals surface area contributed by atoms with Crippen molar-refractivity contribution in [2.24, 2.45) is 0 Å². The van der Waals surface area contributed by atoms with Crippen LogP contribution in [0.4, 0.5) is 11.4 Å². The fraction of sp³-hybridized carbons (Fsp3) is 0.125. The summed E-state index contributed by atoms with van der Waals surface area (Å²) in [5.41, 5.74) is 5.15. The van der Waals surface area contributed by atoms with Crippen molar-refractivity contribution in [2.45, 2.75) is 6.42 Å². The molecule has 0 radical (unpaired) electrons. The fourth-order valence-corrected chi connectivity index (χ4v) is 3.83. The molecule has 3 heterocycles. The third kappa shape index (κ3) is 1.42. The number of fused-ring (bicyclic) bond motifs is 5. The van der Waals surface area contributed by atoms with Gasteiger partial charge in [-0.05, 0) is 36.2 Å². The van der Waals surface area contributed by atoms with E-state index in [1.807, 2.05) is 24.3 Å². The lowest BCUT2D eigenvalue weighted by Crippen LogP contribution is -2.19. The van der Waals surface area contributed by atoms with Crippen molar-refractivity contribution in [3.8, 4) is 17.1 Å². The second kappa shape index (κ2) is 4.10. The van der Waals surface area contributed by atoms with E-state index in [-0.39, 0.29) is 5.69 Å². The molecule has 0 aliphatic carbocycles. The zero-order chi connectivity index (χ0) is 14.8. The van der Waals surface area contributed by atoms with Gasteiger partial charge >= 0.3 is 5.69 Å². The predicted octanol–water partition coefficient (Wildman–Crippen LogP) is 3.00. The summed E-state index contributed by atoms with van der Waals surface area (Å²) in [5, 5.41) is 6.86. The molecule has 1 aromatic heterocycles. The molecule has 0 amide bonds. The molecule has 6 heteroatoms. The average molecular weight is 355 g/mol. The molecule has 108 valence electrons. The van der Waals surface area contributed by atoms with Crippen LogP contribution < -0.4 is 10.6 Å². The molecule has 2 aliphatic rings. The average Bonchev–Trinajstić information content (AvgIpc) is 3.07. The van der Waals surface area contributed by atoms with Gasteiger partial charge in [0.2, 0.25) is 0 Å². The highest BCUT2D eigenvalue weighted by Crippen LogP contribution is 2.46. The Bertz CT molecular complexity index is 988. The first kappa shape index (κ1) is 12.2. The lowest BCUT2D eigenvalue weighted by Gasteiger charge is -2.21. The number of aromatic nitrogens is 3. The minimum atomic E-state index is -0.215. The Morgan fingerprint density at radius 1 is 1.18 bits per heavy atom. The Morgan fingerprint density at radius 2 is 2.09 bits per heavy atom. The van der Waals surface area contributed by atoms with Gasteiger partial charge in [0.15, 0.2) is 5.82 Å². The van der Waals surface area contributed by atoms with Crippen LogP contribution in [0.5, 0.6) is 0 Å². The van der Waals surface area contributed by atoms with E-state index in [9.17, 15) is 4.79 Å². The standard InChI is InChI=1S/C16H11BrN4O/c17-10-4-5-12-13(8-10)21-15(18-19-16(21)22)11-3-1-2-9-6-7-20(12)14(9)11/h1-5,8H,6-7H2,(H,19,22). The molecule has 0 atom stereocenters. The molecule has 5 rings (SSSR count). The largest absolute Gasteiger partial charge is 0.348 e. The SMILES string of the molecule is O=c1[nH]nc2n1-c1cc(Br)ccc1N1CCc3cccc-2c31. The highest BCUT2D eigenvalue weighted by atomic mass is 79.9. The van der Waals surface area contributed by atoms with E-state index in [2.05, 4.69) is 43.2 Å². The maximum absolute atomic E-state index is 12.3. The summed E-state index contributed by atoms with van der Waals surface area (Å²) in [6.07, 6.45) is 1.01. The molecule has 22 heavy (non-hydrogen) atoms. The summed E-state index contributed by atoms with van der Waals surface area (Å²) in [5.74, 6) is 0.672. The number of benzene rings is 2. The number of para-hydroxylation sites is 1. The van der Waals surface area contributed by atoms with E-state index in [4.69, 9.17) is 0 Å². The van der Waals surface area contributed by atoms with Crippen molar-refractivity contribution < 1.29 is 0 Å². The fourth-order valence-electron chi connectivity index (χ4n) is 3.48. The molecule has 0 spiro atoms. The Hall–Kier alpha value is -2.34. The summed E-state index contributed by atoms with van der Waals surface area (Å²) in [4.78, 5) is 14.6. The van der Waals surface area contributed by atoms with Gasteiger partial charge in [0, 0.05) is 16.6 Å². The van der Waals surface area contributed by atoms with Gasteiger partial charge in [-0.25, -0.2) is 14.5 Å². The van der Waals surface area contributed by atoms with Gasteiger partial charge in [0.1, 0.15) is 0 Å². The van der Waals surface area contributed by atoms with E-state index >= 15 is 0 Å². The minimum absolute atomic E-state index is 0.215. The monoisotopic (exact) mass is 354 g/mol. The van der Waals surface area contributed by atoms with E-state index in [1.165, 1.54) is 11.3 Å². The second-order valence-electron chi connectivity index (χ2n) is 5.54. The van der Waals surface area contributed by atoms with Crippen molar-refractivity contribution in [3.63, 3.8) is 0 Å². The third-order valence-corrected chi connectivity index (χ3v) is 4.87. The van der Waals surface area contributed by atoms with Gasteiger partial charge in [-0.3, -0.25) is 0 Å². The van der Waals surface area contributed by atoms with Gasteiger partial charge in [0.05, 0.1) is 17.1 Å². The lowest BCUT2D eigenvalue weighted by molar-refractivity contribution is 0.959. The number of nitrogens with one attached hydrogen (secondary N) is 1.